The van der Waals surface area contributed by atoms with Crippen LogP contribution < -0.4 is 5.32 Å². The predicted octanol–water partition coefficient (Wildman–Crippen LogP) is 4.77. The lowest BCUT2D eigenvalue weighted by Gasteiger charge is -2.14. The molecule has 1 amide bonds. The van der Waals surface area contributed by atoms with Crippen LogP contribution in [0.15, 0.2) is 65.4 Å². The Labute approximate surface area is 166 Å². The molecule has 0 radical (unpaired) electrons. The fourth-order valence-corrected chi connectivity index (χ4v) is 3.88. The van der Waals surface area contributed by atoms with Crippen LogP contribution in [0, 0.1) is 0 Å². The third-order valence-electron chi connectivity index (χ3n) is 3.85. The fourth-order valence-electron chi connectivity index (χ4n) is 2.50. The molecular formula is C21H19NO3S2. The van der Waals surface area contributed by atoms with Crippen molar-refractivity contribution >= 4 is 46.2 Å². The van der Waals surface area contributed by atoms with E-state index in [0.717, 1.165) is 15.3 Å². The van der Waals surface area contributed by atoms with Crippen LogP contribution in [0.3, 0.4) is 0 Å². The van der Waals surface area contributed by atoms with Gasteiger partial charge in [0.2, 0.25) is 0 Å². The van der Waals surface area contributed by atoms with Crippen molar-refractivity contribution in [3.8, 4) is 0 Å². The van der Waals surface area contributed by atoms with Gasteiger partial charge in [-0.05, 0) is 41.5 Å². The van der Waals surface area contributed by atoms with Gasteiger partial charge in [0, 0.05) is 9.75 Å². The molecule has 1 unspecified atom stereocenters. The molecule has 0 spiro atoms. The van der Waals surface area contributed by atoms with E-state index in [1.807, 2.05) is 72.3 Å². The van der Waals surface area contributed by atoms with Crippen molar-refractivity contribution < 1.29 is 14.3 Å². The Balaban J connectivity index is 1.62. The van der Waals surface area contributed by atoms with Gasteiger partial charge in [-0.15, -0.1) is 22.7 Å². The third kappa shape index (κ3) is 5.39. The Morgan fingerprint density at radius 1 is 1.04 bits per heavy atom. The molecule has 1 atom stereocenters. The van der Waals surface area contributed by atoms with Crippen molar-refractivity contribution in [2.24, 2.45) is 0 Å². The molecule has 138 valence electrons. The van der Waals surface area contributed by atoms with Crippen molar-refractivity contribution in [1.29, 1.82) is 0 Å². The Morgan fingerprint density at radius 2 is 1.78 bits per heavy atom. The summed E-state index contributed by atoms with van der Waals surface area (Å²) in [5.41, 5.74) is 1.45. The predicted molar refractivity (Wildman–Crippen MR) is 110 cm³/mol. The van der Waals surface area contributed by atoms with Crippen LogP contribution in [0.25, 0.3) is 11.6 Å². The van der Waals surface area contributed by atoms with Gasteiger partial charge in [-0.1, -0.05) is 42.5 Å². The summed E-state index contributed by atoms with van der Waals surface area (Å²) in [7, 11) is 0. The molecule has 0 aliphatic rings. The van der Waals surface area contributed by atoms with Gasteiger partial charge in [-0.3, -0.25) is 4.79 Å². The van der Waals surface area contributed by atoms with Gasteiger partial charge in [-0.2, -0.15) is 0 Å². The molecule has 27 heavy (non-hydrogen) atoms. The molecule has 1 N–H and O–H groups in total. The van der Waals surface area contributed by atoms with Gasteiger partial charge in [0.15, 0.2) is 6.61 Å². The Kier molecular flexibility index (Phi) is 6.57. The maximum Gasteiger partial charge on any atom is 0.340 e. The maximum atomic E-state index is 12.6. The molecule has 0 aliphatic heterocycles. The summed E-state index contributed by atoms with van der Waals surface area (Å²) in [4.78, 5) is 26.5. The van der Waals surface area contributed by atoms with E-state index in [1.165, 1.54) is 22.7 Å². The first-order valence-electron chi connectivity index (χ1n) is 8.44. The van der Waals surface area contributed by atoms with Gasteiger partial charge < -0.3 is 10.1 Å². The number of thiophene rings is 2. The highest BCUT2D eigenvalue weighted by Crippen LogP contribution is 2.25. The highest BCUT2D eigenvalue weighted by atomic mass is 32.1. The fraction of sp³-hybridized carbons (Fsp3) is 0.143. The second-order valence-corrected chi connectivity index (χ2v) is 7.75. The highest BCUT2D eigenvalue weighted by Gasteiger charge is 2.17. The average molecular weight is 398 g/mol. The molecule has 2 heterocycles. The number of carbonyl (C=O) groups is 2. The maximum absolute atomic E-state index is 12.6. The summed E-state index contributed by atoms with van der Waals surface area (Å²) in [5.74, 6) is -0.838. The number of benzene rings is 1. The minimum Gasteiger partial charge on any atom is -0.452 e. The molecule has 0 aliphatic carbocycles. The van der Waals surface area contributed by atoms with E-state index >= 15 is 0 Å². The monoisotopic (exact) mass is 397 g/mol. The first-order chi connectivity index (χ1) is 13.1. The van der Waals surface area contributed by atoms with Crippen LogP contribution in [0.5, 0.6) is 0 Å². The second-order valence-electron chi connectivity index (χ2n) is 5.83. The number of amides is 1. The number of nitrogens with one attached hydrogen (secondary N) is 1. The molecule has 0 saturated heterocycles. The van der Waals surface area contributed by atoms with E-state index in [2.05, 4.69) is 5.32 Å². The van der Waals surface area contributed by atoms with Gasteiger partial charge in [0.1, 0.15) is 0 Å². The summed E-state index contributed by atoms with van der Waals surface area (Å²) in [6, 6.07) is 17.1. The topological polar surface area (TPSA) is 55.4 Å². The third-order valence-corrected chi connectivity index (χ3v) is 5.57. The van der Waals surface area contributed by atoms with Crippen LogP contribution in [0.4, 0.5) is 0 Å². The lowest BCUT2D eigenvalue weighted by Crippen LogP contribution is -2.31. The van der Waals surface area contributed by atoms with Gasteiger partial charge in [0.25, 0.3) is 5.91 Å². The van der Waals surface area contributed by atoms with Crippen molar-refractivity contribution in [2.75, 3.05) is 6.61 Å². The van der Waals surface area contributed by atoms with Crippen molar-refractivity contribution in [2.45, 2.75) is 13.0 Å². The lowest BCUT2D eigenvalue weighted by atomic mass is 10.1. The zero-order valence-corrected chi connectivity index (χ0v) is 16.4. The number of hydrogen-bond acceptors (Lipinski definition) is 5. The number of rotatable bonds is 7. The van der Waals surface area contributed by atoms with E-state index in [1.54, 1.807) is 6.08 Å². The van der Waals surface area contributed by atoms with Crippen LogP contribution in [0.2, 0.25) is 0 Å². The van der Waals surface area contributed by atoms with E-state index in [9.17, 15) is 9.59 Å². The Hall–Kier alpha value is -2.70. The number of esters is 1. The van der Waals surface area contributed by atoms with Crippen LogP contribution in [0.1, 0.15) is 28.3 Å². The first kappa shape index (κ1) is 19.1. The summed E-state index contributed by atoms with van der Waals surface area (Å²) in [6.07, 6.45) is 1.79. The zero-order valence-electron chi connectivity index (χ0n) is 14.8. The summed E-state index contributed by atoms with van der Waals surface area (Å²) >= 11 is 3.00. The smallest absolute Gasteiger partial charge is 0.340 e. The summed E-state index contributed by atoms with van der Waals surface area (Å²) < 4.78 is 5.27. The molecule has 1 aromatic carbocycles. The molecule has 0 fully saturated rings. The van der Waals surface area contributed by atoms with Crippen molar-refractivity contribution in [3.63, 3.8) is 0 Å². The first-order valence-corrected chi connectivity index (χ1v) is 10.2. The molecule has 4 nitrogen and oxygen atoms in total. The molecule has 3 rings (SSSR count). The quantitative estimate of drug-likeness (QED) is 0.461. The van der Waals surface area contributed by atoms with Crippen LogP contribution in [-0.2, 0) is 14.3 Å². The summed E-state index contributed by atoms with van der Waals surface area (Å²) in [5, 5.41) is 6.69. The van der Waals surface area contributed by atoms with E-state index in [-0.39, 0.29) is 18.6 Å². The van der Waals surface area contributed by atoms with E-state index in [0.29, 0.717) is 5.57 Å². The number of hydrogen-bond donors (Lipinski definition) is 1. The molecule has 6 heteroatoms. The van der Waals surface area contributed by atoms with Crippen LogP contribution >= 0.6 is 22.7 Å². The zero-order chi connectivity index (χ0) is 19.1. The molecular weight excluding hydrogens is 378 g/mol. The molecule has 3 aromatic rings. The Morgan fingerprint density at radius 3 is 2.44 bits per heavy atom. The normalized spacial score (nSPS) is 12.4. The minimum atomic E-state index is -0.506. The van der Waals surface area contributed by atoms with E-state index in [4.69, 9.17) is 4.74 Å². The summed E-state index contributed by atoms with van der Waals surface area (Å²) in [6.45, 7) is 1.58. The standard InChI is InChI=1S/C21H19NO3S2/c1-15(16-7-3-2-4-8-16)22-20(23)14-25-21(24)18(19-10-6-12-27-19)13-17-9-5-11-26-17/h2-13,15H,14H2,1H3,(H,22,23)/b18-13+. The van der Waals surface area contributed by atoms with Gasteiger partial charge >= 0.3 is 5.97 Å². The lowest BCUT2D eigenvalue weighted by molar-refractivity contribution is -0.143. The SMILES string of the molecule is CC(NC(=O)COC(=O)/C(=C/c1cccs1)c1cccs1)c1ccccc1. The van der Waals surface area contributed by atoms with Gasteiger partial charge in [-0.25, -0.2) is 4.79 Å². The Bertz CT molecular complexity index is 900. The molecule has 2 aromatic heterocycles. The van der Waals surface area contributed by atoms with Gasteiger partial charge in [0.05, 0.1) is 11.6 Å². The van der Waals surface area contributed by atoms with E-state index < -0.39 is 5.97 Å². The average Bonchev–Trinajstić information content (AvgIpc) is 3.38. The highest BCUT2D eigenvalue weighted by molar-refractivity contribution is 7.12. The largest absolute Gasteiger partial charge is 0.452 e. The van der Waals surface area contributed by atoms with Crippen molar-refractivity contribution in [3.05, 3.63) is 80.7 Å². The molecule has 0 saturated carbocycles. The van der Waals surface area contributed by atoms with Crippen LogP contribution in [-0.4, -0.2) is 18.5 Å². The number of ether oxygens (including phenoxy) is 1. The number of carbonyl (C=O) groups excluding carboxylic acids is 2. The van der Waals surface area contributed by atoms with Crippen molar-refractivity contribution in [1.82, 2.24) is 5.32 Å². The minimum absolute atomic E-state index is 0.157. The molecule has 0 bridgehead atoms. The second kappa shape index (κ2) is 9.30.